The number of aliphatic carboxylic acids is 1. The van der Waals surface area contributed by atoms with Gasteiger partial charge in [-0.05, 0) is 29.5 Å². The van der Waals surface area contributed by atoms with Gasteiger partial charge in [-0.25, -0.2) is 4.79 Å². The zero-order chi connectivity index (χ0) is 11.6. The number of aliphatic hydroxyl groups is 1. The number of benzene rings is 1. The molecule has 82 valence electrons. The minimum absolute atomic E-state index is 0.324. The molecule has 0 aliphatic carbocycles. The Morgan fingerprint density at radius 2 is 1.93 bits per heavy atom. The largest absolute Gasteiger partial charge is 0.479 e. The third kappa shape index (κ3) is 2.57. The molecule has 0 saturated heterocycles. The van der Waals surface area contributed by atoms with Crippen LogP contribution in [0.4, 0.5) is 0 Å². The highest BCUT2D eigenvalue weighted by Crippen LogP contribution is 2.23. The van der Waals surface area contributed by atoms with Crippen molar-refractivity contribution in [2.45, 2.75) is 32.8 Å². The van der Waals surface area contributed by atoms with Gasteiger partial charge in [0.2, 0.25) is 0 Å². The Morgan fingerprint density at radius 1 is 1.33 bits per heavy atom. The topological polar surface area (TPSA) is 57.5 Å². The van der Waals surface area contributed by atoms with Crippen LogP contribution in [-0.4, -0.2) is 16.2 Å². The molecule has 0 fully saturated rings. The first-order valence-electron chi connectivity index (χ1n) is 4.94. The van der Waals surface area contributed by atoms with E-state index in [4.69, 9.17) is 5.11 Å². The normalized spacial score (nSPS) is 12.9. The number of carboxylic acids is 1. The minimum Gasteiger partial charge on any atom is -0.479 e. The lowest BCUT2D eigenvalue weighted by Crippen LogP contribution is -2.12. The fourth-order valence-electron chi connectivity index (χ4n) is 1.45. The summed E-state index contributed by atoms with van der Waals surface area (Å²) in [6.07, 6.45) is -1.43. The van der Waals surface area contributed by atoms with Crippen molar-refractivity contribution < 1.29 is 15.0 Å². The van der Waals surface area contributed by atoms with Gasteiger partial charge in [-0.1, -0.05) is 32.0 Å². The van der Waals surface area contributed by atoms with Gasteiger partial charge in [0.15, 0.2) is 6.10 Å². The highest BCUT2D eigenvalue weighted by atomic mass is 16.4. The van der Waals surface area contributed by atoms with Crippen molar-refractivity contribution in [1.29, 1.82) is 0 Å². The molecule has 0 aliphatic rings. The number of aliphatic hydroxyl groups excluding tert-OH is 1. The Labute approximate surface area is 89.4 Å². The molecule has 0 bridgehead atoms. The maximum absolute atomic E-state index is 10.7. The van der Waals surface area contributed by atoms with E-state index in [9.17, 15) is 9.90 Å². The molecule has 3 heteroatoms. The van der Waals surface area contributed by atoms with E-state index < -0.39 is 12.1 Å². The first-order chi connectivity index (χ1) is 6.93. The molecule has 2 N–H and O–H groups in total. The van der Waals surface area contributed by atoms with Crippen LogP contribution in [0.25, 0.3) is 0 Å². The van der Waals surface area contributed by atoms with E-state index in [0.29, 0.717) is 11.5 Å². The van der Waals surface area contributed by atoms with Crippen molar-refractivity contribution in [3.8, 4) is 0 Å². The van der Waals surface area contributed by atoms with Gasteiger partial charge in [-0.2, -0.15) is 0 Å². The molecule has 1 unspecified atom stereocenters. The summed E-state index contributed by atoms with van der Waals surface area (Å²) in [7, 11) is 0. The summed E-state index contributed by atoms with van der Waals surface area (Å²) < 4.78 is 0. The molecular formula is C12H16O3. The Kier molecular flexibility index (Phi) is 3.48. The van der Waals surface area contributed by atoms with Crippen LogP contribution in [-0.2, 0) is 4.79 Å². The molecule has 1 rings (SSSR count). The standard InChI is InChI=1S/C12H16O3/c1-7(2)9-5-4-8(3)10(6-9)11(13)12(14)15/h4-7,11,13H,1-3H3,(H,14,15). The molecule has 0 radical (unpaired) electrons. The third-order valence-corrected chi connectivity index (χ3v) is 2.50. The van der Waals surface area contributed by atoms with E-state index in [1.165, 1.54) is 0 Å². The van der Waals surface area contributed by atoms with E-state index in [-0.39, 0.29) is 0 Å². The van der Waals surface area contributed by atoms with E-state index in [0.717, 1.165) is 11.1 Å². The average molecular weight is 208 g/mol. The van der Waals surface area contributed by atoms with E-state index in [1.54, 1.807) is 13.0 Å². The van der Waals surface area contributed by atoms with Crippen LogP contribution >= 0.6 is 0 Å². The minimum atomic E-state index is -1.43. The van der Waals surface area contributed by atoms with Crippen LogP contribution < -0.4 is 0 Å². The van der Waals surface area contributed by atoms with Crippen molar-refractivity contribution >= 4 is 5.97 Å². The van der Waals surface area contributed by atoms with Crippen LogP contribution in [0, 0.1) is 6.92 Å². The molecule has 0 aliphatic heterocycles. The average Bonchev–Trinajstić information content (AvgIpc) is 2.16. The van der Waals surface area contributed by atoms with Gasteiger partial charge in [0.05, 0.1) is 0 Å². The highest BCUT2D eigenvalue weighted by molar-refractivity contribution is 5.74. The summed E-state index contributed by atoms with van der Waals surface area (Å²) >= 11 is 0. The maximum Gasteiger partial charge on any atom is 0.337 e. The van der Waals surface area contributed by atoms with Gasteiger partial charge < -0.3 is 10.2 Å². The summed E-state index contributed by atoms with van der Waals surface area (Å²) in [4.78, 5) is 10.7. The monoisotopic (exact) mass is 208 g/mol. The molecule has 0 aromatic heterocycles. The predicted octanol–water partition coefficient (Wildman–Crippen LogP) is 2.24. The maximum atomic E-state index is 10.7. The Bertz CT molecular complexity index is 369. The third-order valence-electron chi connectivity index (χ3n) is 2.50. The number of carbonyl (C=O) groups is 1. The van der Waals surface area contributed by atoms with Crippen molar-refractivity contribution in [3.63, 3.8) is 0 Å². The van der Waals surface area contributed by atoms with E-state index in [2.05, 4.69) is 0 Å². The Morgan fingerprint density at radius 3 is 2.40 bits per heavy atom. The van der Waals surface area contributed by atoms with Crippen molar-refractivity contribution in [2.24, 2.45) is 0 Å². The van der Waals surface area contributed by atoms with Gasteiger partial charge in [0, 0.05) is 0 Å². The van der Waals surface area contributed by atoms with Gasteiger partial charge in [-0.3, -0.25) is 0 Å². The molecule has 0 spiro atoms. The Hall–Kier alpha value is -1.35. The number of rotatable bonds is 3. The van der Waals surface area contributed by atoms with Crippen molar-refractivity contribution in [2.75, 3.05) is 0 Å². The molecule has 1 atom stereocenters. The fraction of sp³-hybridized carbons (Fsp3) is 0.417. The number of carboxylic acid groups (broad SMARTS) is 1. The van der Waals surface area contributed by atoms with Crippen LogP contribution in [0.3, 0.4) is 0 Å². The zero-order valence-corrected chi connectivity index (χ0v) is 9.19. The number of hydrogen-bond acceptors (Lipinski definition) is 2. The smallest absolute Gasteiger partial charge is 0.337 e. The molecule has 0 heterocycles. The summed E-state index contributed by atoms with van der Waals surface area (Å²) in [5.41, 5.74) is 2.32. The van der Waals surface area contributed by atoms with Gasteiger partial charge in [0.25, 0.3) is 0 Å². The lowest BCUT2D eigenvalue weighted by molar-refractivity contribution is -0.147. The second kappa shape index (κ2) is 4.45. The van der Waals surface area contributed by atoms with E-state index in [1.807, 2.05) is 26.0 Å². The zero-order valence-electron chi connectivity index (χ0n) is 9.19. The summed E-state index contributed by atoms with van der Waals surface area (Å²) in [6, 6.07) is 5.56. The molecule has 0 saturated carbocycles. The van der Waals surface area contributed by atoms with Gasteiger partial charge in [-0.15, -0.1) is 0 Å². The molecular weight excluding hydrogens is 192 g/mol. The number of aryl methyl sites for hydroxylation is 1. The van der Waals surface area contributed by atoms with Crippen LogP contribution in [0.2, 0.25) is 0 Å². The van der Waals surface area contributed by atoms with Gasteiger partial charge in [0.1, 0.15) is 0 Å². The predicted molar refractivity (Wildman–Crippen MR) is 57.9 cm³/mol. The quantitative estimate of drug-likeness (QED) is 0.800. The van der Waals surface area contributed by atoms with Crippen LogP contribution in [0.5, 0.6) is 0 Å². The Balaban J connectivity index is 3.16. The fourth-order valence-corrected chi connectivity index (χ4v) is 1.45. The first kappa shape index (κ1) is 11.7. The summed E-state index contributed by atoms with van der Waals surface area (Å²) in [5, 5.41) is 18.2. The van der Waals surface area contributed by atoms with Crippen molar-refractivity contribution in [3.05, 3.63) is 34.9 Å². The lowest BCUT2D eigenvalue weighted by atomic mass is 9.95. The first-order valence-corrected chi connectivity index (χ1v) is 4.94. The highest BCUT2D eigenvalue weighted by Gasteiger charge is 2.18. The number of hydrogen-bond donors (Lipinski definition) is 2. The molecule has 1 aromatic carbocycles. The molecule has 0 amide bonds. The van der Waals surface area contributed by atoms with Crippen LogP contribution in [0.1, 0.15) is 42.6 Å². The molecule has 1 aromatic rings. The molecule has 3 nitrogen and oxygen atoms in total. The van der Waals surface area contributed by atoms with Gasteiger partial charge >= 0.3 is 5.97 Å². The lowest BCUT2D eigenvalue weighted by Gasteiger charge is -2.13. The molecule has 15 heavy (non-hydrogen) atoms. The van der Waals surface area contributed by atoms with Crippen LogP contribution in [0.15, 0.2) is 18.2 Å². The SMILES string of the molecule is Cc1ccc(C(C)C)cc1C(O)C(=O)O. The summed E-state index contributed by atoms with van der Waals surface area (Å²) in [5.74, 6) is -0.885. The van der Waals surface area contributed by atoms with Crippen molar-refractivity contribution in [1.82, 2.24) is 0 Å². The van der Waals surface area contributed by atoms with E-state index >= 15 is 0 Å². The summed E-state index contributed by atoms with van der Waals surface area (Å²) in [6.45, 7) is 5.86. The second-order valence-corrected chi connectivity index (χ2v) is 4.01. The second-order valence-electron chi connectivity index (χ2n) is 4.01.